The van der Waals surface area contributed by atoms with E-state index >= 15 is 0 Å². The molecule has 1 unspecified atom stereocenters. The molecule has 162 valence electrons. The van der Waals surface area contributed by atoms with Crippen LogP contribution in [0.1, 0.15) is 60.2 Å². The van der Waals surface area contributed by atoms with Crippen molar-refractivity contribution in [1.29, 1.82) is 0 Å². The summed E-state index contributed by atoms with van der Waals surface area (Å²) in [6.07, 6.45) is 6.58. The molecule has 0 bridgehead atoms. The molecule has 2 aromatic carbocycles. The van der Waals surface area contributed by atoms with Gasteiger partial charge in [-0.05, 0) is 43.2 Å². The number of amides is 1. The summed E-state index contributed by atoms with van der Waals surface area (Å²) < 4.78 is 1.94. The van der Waals surface area contributed by atoms with Crippen LogP contribution in [-0.4, -0.2) is 30.6 Å². The van der Waals surface area contributed by atoms with Crippen LogP contribution in [0.4, 0.5) is 0 Å². The summed E-state index contributed by atoms with van der Waals surface area (Å²) in [5.41, 5.74) is 5.26. The van der Waals surface area contributed by atoms with Gasteiger partial charge in [0.05, 0.1) is 17.9 Å². The Labute approximate surface area is 187 Å². The number of aryl methyl sites for hydroxylation is 1. The zero-order valence-electron chi connectivity index (χ0n) is 18.6. The molecule has 7 nitrogen and oxygen atoms in total. The van der Waals surface area contributed by atoms with Crippen LogP contribution in [-0.2, 0) is 0 Å². The Morgan fingerprint density at radius 1 is 1.00 bits per heavy atom. The molecular formula is C25H26N6O. The third-order valence-corrected chi connectivity index (χ3v) is 5.31. The highest BCUT2D eigenvalue weighted by molar-refractivity contribution is 5.96. The number of nitrogens with zero attached hydrogens (tertiary/aromatic N) is 5. The topological polar surface area (TPSA) is 85.6 Å². The van der Waals surface area contributed by atoms with Gasteiger partial charge in [0.15, 0.2) is 0 Å². The number of hydrogen-bond acceptors (Lipinski definition) is 5. The van der Waals surface area contributed by atoms with Gasteiger partial charge >= 0.3 is 0 Å². The summed E-state index contributed by atoms with van der Waals surface area (Å²) in [5, 5.41) is 11.4. The molecule has 4 aromatic rings. The molecule has 1 N–H and O–H groups in total. The first-order valence-electron chi connectivity index (χ1n) is 10.6. The molecule has 2 aromatic heterocycles. The van der Waals surface area contributed by atoms with Crippen molar-refractivity contribution in [3.05, 3.63) is 90.0 Å². The second-order valence-electron chi connectivity index (χ2n) is 8.17. The number of benzene rings is 2. The zero-order valence-corrected chi connectivity index (χ0v) is 18.6. The Balaban J connectivity index is 1.75. The third kappa shape index (κ3) is 4.56. The maximum Gasteiger partial charge on any atom is 0.251 e. The maximum absolute atomic E-state index is 13.2. The molecule has 2 heterocycles. The average molecular weight is 427 g/mol. The highest BCUT2D eigenvalue weighted by atomic mass is 16.1. The number of carbonyl (C=O) groups excluding carboxylic acids is 1. The summed E-state index contributed by atoms with van der Waals surface area (Å²) in [6.45, 7) is 8.09. The lowest BCUT2D eigenvalue weighted by atomic mass is 10.00. The van der Waals surface area contributed by atoms with Crippen molar-refractivity contribution < 1.29 is 4.79 Å². The smallest absolute Gasteiger partial charge is 0.251 e. The lowest BCUT2D eigenvalue weighted by Crippen LogP contribution is -2.27. The van der Waals surface area contributed by atoms with Crippen LogP contribution in [0.2, 0.25) is 0 Å². The standard InChI is InChI=1S/C25H26N6O/c1-16(2)24-30-28-15-31(24)22-12-20(19-7-5-17(3)6-8-19)11-21(13-22)25(32)29-18(4)23-14-26-9-10-27-23/h5-16,18H,1-4H3,(H,29,32). The van der Waals surface area contributed by atoms with Crippen molar-refractivity contribution in [3.63, 3.8) is 0 Å². The fraction of sp³-hybridized carbons (Fsp3) is 0.240. The Bertz CT molecular complexity index is 1210. The molecule has 0 saturated heterocycles. The van der Waals surface area contributed by atoms with Crippen LogP contribution in [0, 0.1) is 6.92 Å². The minimum atomic E-state index is -0.274. The molecule has 1 atom stereocenters. The van der Waals surface area contributed by atoms with Gasteiger partial charge in [0.25, 0.3) is 5.91 Å². The van der Waals surface area contributed by atoms with Gasteiger partial charge in [0.2, 0.25) is 0 Å². The maximum atomic E-state index is 13.2. The number of nitrogens with one attached hydrogen (secondary N) is 1. The summed E-state index contributed by atoms with van der Waals surface area (Å²) in [4.78, 5) is 21.6. The Hall–Kier alpha value is -3.87. The first kappa shape index (κ1) is 21.4. The highest BCUT2D eigenvalue weighted by Gasteiger charge is 2.17. The van der Waals surface area contributed by atoms with Crippen LogP contribution >= 0.6 is 0 Å². The number of rotatable bonds is 6. The number of hydrogen-bond donors (Lipinski definition) is 1. The van der Waals surface area contributed by atoms with Gasteiger partial charge in [0.1, 0.15) is 12.2 Å². The van der Waals surface area contributed by atoms with E-state index in [-0.39, 0.29) is 17.9 Å². The van der Waals surface area contributed by atoms with Gasteiger partial charge in [-0.2, -0.15) is 0 Å². The molecule has 0 saturated carbocycles. The second kappa shape index (κ2) is 9.09. The van der Waals surface area contributed by atoms with Crippen molar-refractivity contribution in [2.24, 2.45) is 0 Å². The molecule has 4 rings (SSSR count). The van der Waals surface area contributed by atoms with Crippen LogP contribution < -0.4 is 5.32 Å². The van der Waals surface area contributed by atoms with Crippen molar-refractivity contribution in [3.8, 4) is 16.8 Å². The van der Waals surface area contributed by atoms with E-state index in [0.29, 0.717) is 11.3 Å². The first-order valence-corrected chi connectivity index (χ1v) is 10.6. The van der Waals surface area contributed by atoms with Gasteiger partial charge in [-0.15, -0.1) is 10.2 Å². The Morgan fingerprint density at radius 2 is 1.78 bits per heavy atom. The molecule has 0 spiro atoms. The fourth-order valence-corrected chi connectivity index (χ4v) is 3.52. The quantitative estimate of drug-likeness (QED) is 0.485. The largest absolute Gasteiger partial charge is 0.344 e. The van der Waals surface area contributed by atoms with Crippen LogP contribution in [0.5, 0.6) is 0 Å². The second-order valence-corrected chi connectivity index (χ2v) is 8.17. The van der Waals surface area contributed by atoms with Crippen molar-refractivity contribution >= 4 is 5.91 Å². The van der Waals surface area contributed by atoms with E-state index in [4.69, 9.17) is 0 Å². The van der Waals surface area contributed by atoms with Crippen molar-refractivity contribution in [1.82, 2.24) is 30.0 Å². The molecular weight excluding hydrogens is 400 g/mol. The van der Waals surface area contributed by atoms with E-state index in [0.717, 1.165) is 22.6 Å². The fourth-order valence-electron chi connectivity index (χ4n) is 3.52. The minimum Gasteiger partial charge on any atom is -0.344 e. The Morgan fingerprint density at radius 3 is 2.47 bits per heavy atom. The lowest BCUT2D eigenvalue weighted by molar-refractivity contribution is 0.0939. The van der Waals surface area contributed by atoms with E-state index in [1.54, 1.807) is 24.9 Å². The van der Waals surface area contributed by atoms with Crippen LogP contribution in [0.3, 0.4) is 0 Å². The van der Waals surface area contributed by atoms with Crippen molar-refractivity contribution in [2.75, 3.05) is 0 Å². The molecule has 1 amide bonds. The molecule has 0 aliphatic rings. The van der Waals surface area contributed by atoms with Gasteiger partial charge in [-0.1, -0.05) is 43.7 Å². The molecule has 7 heteroatoms. The number of carbonyl (C=O) groups is 1. The highest BCUT2D eigenvalue weighted by Crippen LogP contribution is 2.27. The predicted molar refractivity (Wildman–Crippen MR) is 124 cm³/mol. The monoisotopic (exact) mass is 426 g/mol. The van der Waals surface area contributed by atoms with E-state index in [9.17, 15) is 4.79 Å². The Kier molecular flexibility index (Phi) is 6.07. The van der Waals surface area contributed by atoms with E-state index in [1.165, 1.54) is 5.56 Å². The van der Waals surface area contributed by atoms with Crippen molar-refractivity contribution in [2.45, 2.75) is 39.7 Å². The minimum absolute atomic E-state index is 0.183. The average Bonchev–Trinajstić information content (AvgIpc) is 3.30. The molecule has 32 heavy (non-hydrogen) atoms. The zero-order chi connectivity index (χ0) is 22.7. The SMILES string of the molecule is Cc1ccc(-c2cc(C(=O)NC(C)c3cnccn3)cc(-n3cnnc3C(C)C)c2)cc1. The predicted octanol–water partition coefficient (Wildman–Crippen LogP) is 4.65. The van der Waals surface area contributed by atoms with E-state index in [1.807, 2.05) is 23.6 Å². The van der Waals surface area contributed by atoms with Gasteiger partial charge in [0, 0.05) is 29.6 Å². The first-order chi connectivity index (χ1) is 15.4. The van der Waals surface area contributed by atoms with Gasteiger partial charge in [-0.3, -0.25) is 19.3 Å². The molecule has 0 aliphatic carbocycles. The van der Waals surface area contributed by atoms with Gasteiger partial charge in [-0.25, -0.2) is 0 Å². The van der Waals surface area contributed by atoms with E-state index < -0.39 is 0 Å². The summed E-state index contributed by atoms with van der Waals surface area (Å²) in [7, 11) is 0. The van der Waals surface area contributed by atoms with Crippen LogP contribution in [0.25, 0.3) is 16.8 Å². The molecule has 0 aliphatic heterocycles. The summed E-state index contributed by atoms with van der Waals surface area (Å²) in [5.74, 6) is 0.845. The van der Waals surface area contributed by atoms with Gasteiger partial charge < -0.3 is 5.32 Å². The molecule has 0 fully saturated rings. The molecule has 0 radical (unpaired) electrons. The normalized spacial score (nSPS) is 12.0. The van der Waals surface area contributed by atoms with E-state index in [2.05, 4.69) is 76.6 Å². The summed E-state index contributed by atoms with van der Waals surface area (Å²) >= 11 is 0. The number of aromatic nitrogens is 5. The lowest BCUT2D eigenvalue weighted by Gasteiger charge is -2.16. The summed E-state index contributed by atoms with van der Waals surface area (Å²) in [6, 6.07) is 13.8. The third-order valence-electron chi connectivity index (χ3n) is 5.31. The van der Waals surface area contributed by atoms with Crippen LogP contribution in [0.15, 0.2) is 67.4 Å².